The summed E-state index contributed by atoms with van der Waals surface area (Å²) in [5.41, 5.74) is 0.392. The van der Waals surface area contributed by atoms with Crippen LogP contribution in [0.2, 0.25) is 0 Å². The van der Waals surface area contributed by atoms with Crippen molar-refractivity contribution in [2.75, 3.05) is 12.1 Å². The van der Waals surface area contributed by atoms with Gasteiger partial charge in [-0.25, -0.2) is 13.8 Å². The maximum Gasteiger partial charge on any atom is 0.336 e. The topological polar surface area (TPSA) is 121 Å². The Balaban J connectivity index is 1.35. The number of benzene rings is 4. The molecule has 0 saturated heterocycles. The molecular weight excluding hydrogens is 543 g/mol. The average molecular weight is 567 g/mol. The van der Waals surface area contributed by atoms with E-state index >= 15 is 0 Å². The molecule has 10 nitrogen and oxygen atoms in total. The number of para-hydroxylation sites is 1. The van der Waals surface area contributed by atoms with Crippen LogP contribution in [0.3, 0.4) is 0 Å². The standard InChI is InChI=1S/C31H23FN4O6/c32-21-8-10-22(11-9-21)34-28(37)17-35-25-15-20(29(38)33-16-19-6-13-26-27(14-19)42-18-41-26)7-12-24(25)30(39)36(31(35)40)23-4-2-1-3-5-23/h1-15H,16-18H2,(H,33,38)(H,34,37). The van der Waals surface area contributed by atoms with Crippen LogP contribution in [-0.4, -0.2) is 27.7 Å². The first kappa shape index (κ1) is 26.5. The van der Waals surface area contributed by atoms with Crippen LogP contribution in [0.1, 0.15) is 15.9 Å². The Labute approximate surface area is 237 Å². The summed E-state index contributed by atoms with van der Waals surface area (Å²) in [5.74, 6) is -0.278. The molecule has 2 heterocycles. The van der Waals surface area contributed by atoms with E-state index in [-0.39, 0.29) is 29.8 Å². The van der Waals surface area contributed by atoms with Gasteiger partial charge in [0.05, 0.1) is 16.6 Å². The number of rotatable bonds is 7. The smallest absolute Gasteiger partial charge is 0.336 e. The van der Waals surface area contributed by atoms with Crippen molar-refractivity contribution in [3.63, 3.8) is 0 Å². The number of nitrogens with one attached hydrogen (secondary N) is 2. The third-order valence-corrected chi connectivity index (χ3v) is 6.74. The minimum Gasteiger partial charge on any atom is -0.454 e. The van der Waals surface area contributed by atoms with Crippen LogP contribution in [0.4, 0.5) is 10.1 Å². The Kier molecular flexibility index (Phi) is 6.97. The number of amides is 2. The molecule has 0 fully saturated rings. The van der Waals surface area contributed by atoms with Gasteiger partial charge in [-0.3, -0.25) is 19.0 Å². The summed E-state index contributed by atoms with van der Waals surface area (Å²) in [6.45, 7) is -0.143. The van der Waals surface area contributed by atoms with Crippen LogP contribution in [-0.2, 0) is 17.9 Å². The maximum atomic E-state index is 13.7. The average Bonchev–Trinajstić information content (AvgIpc) is 3.48. The molecule has 1 aromatic heterocycles. The van der Waals surface area contributed by atoms with E-state index < -0.39 is 35.4 Å². The van der Waals surface area contributed by atoms with Crippen molar-refractivity contribution in [1.29, 1.82) is 0 Å². The molecule has 42 heavy (non-hydrogen) atoms. The van der Waals surface area contributed by atoms with Crippen molar-refractivity contribution in [2.24, 2.45) is 0 Å². The van der Waals surface area contributed by atoms with Gasteiger partial charge in [0.15, 0.2) is 11.5 Å². The summed E-state index contributed by atoms with van der Waals surface area (Å²) < 4.78 is 26.1. The molecule has 0 saturated carbocycles. The highest BCUT2D eigenvalue weighted by atomic mass is 19.1. The second-order valence-electron chi connectivity index (χ2n) is 9.50. The van der Waals surface area contributed by atoms with Crippen LogP contribution in [0, 0.1) is 5.82 Å². The highest BCUT2D eigenvalue weighted by molar-refractivity contribution is 5.98. The molecule has 0 bridgehead atoms. The zero-order chi connectivity index (χ0) is 29.2. The summed E-state index contributed by atoms with van der Waals surface area (Å²) in [6, 6.07) is 23.2. The minimum absolute atomic E-state index is 0.113. The van der Waals surface area contributed by atoms with Gasteiger partial charge in [-0.05, 0) is 72.3 Å². The van der Waals surface area contributed by atoms with Gasteiger partial charge < -0.3 is 20.1 Å². The highest BCUT2D eigenvalue weighted by Gasteiger charge is 2.19. The normalized spacial score (nSPS) is 11.8. The van der Waals surface area contributed by atoms with Crippen molar-refractivity contribution in [3.8, 4) is 17.2 Å². The van der Waals surface area contributed by atoms with E-state index in [2.05, 4.69) is 10.6 Å². The number of hydrogen-bond acceptors (Lipinski definition) is 6. The van der Waals surface area contributed by atoms with Gasteiger partial charge in [0.1, 0.15) is 12.4 Å². The van der Waals surface area contributed by atoms with Gasteiger partial charge in [0, 0.05) is 17.8 Å². The Morgan fingerprint density at radius 2 is 1.62 bits per heavy atom. The van der Waals surface area contributed by atoms with Crippen LogP contribution < -0.4 is 31.4 Å². The number of carbonyl (C=O) groups is 2. The molecule has 4 aromatic carbocycles. The molecule has 5 aromatic rings. The number of ether oxygens (including phenoxy) is 2. The first-order valence-electron chi connectivity index (χ1n) is 12.9. The Morgan fingerprint density at radius 1 is 0.857 bits per heavy atom. The summed E-state index contributed by atoms with van der Waals surface area (Å²) >= 11 is 0. The fraction of sp³-hybridized carbons (Fsp3) is 0.0968. The van der Waals surface area contributed by atoms with Crippen LogP contribution in [0.15, 0.2) is 101 Å². The van der Waals surface area contributed by atoms with E-state index in [1.165, 1.54) is 42.5 Å². The highest BCUT2D eigenvalue weighted by Crippen LogP contribution is 2.32. The summed E-state index contributed by atoms with van der Waals surface area (Å²) in [5, 5.41) is 5.58. The largest absolute Gasteiger partial charge is 0.454 e. The molecular formula is C31H23FN4O6. The molecule has 0 radical (unpaired) electrons. The Bertz CT molecular complexity index is 1950. The summed E-state index contributed by atoms with van der Waals surface area (Å²) in [7, 11) is 0. The quantitative estimate of drug-likeness (QED) is 0.311. The fourth-order valence-corrected chi connectivity index (χ4v) is 4.68. The zero-order valence-corrected chi connectivity index (χ0v) is 22.0. The predicted octanol–water partition coefficient (Wildman–Crippen LogP) is 3.59. The Morgan fingerprint density at radius 3 is 2.40 bits per heavy atom. The van der Waals surface area contributed by atoms with Crippen LogP contribution in [0.25, 0.3) is 16.6 Å². The van der Waals surface area contributed by atoms with E-state index in [0.29, 0.717) is 22.9 Å². The lowest BCUT2D eigenvalue weighted by Gasteiger charge is -2.15. The van der Waals surface area contributed by atoms with E-state index in [4.69, 9.17) is 9.47 Å². The molecule has 0 spiro atoms. The molecule has 210 valence electrons. The van der Waals surface area contributed by atoms with Crippen molar-refractivity contribution >= 4 is 28.4 Å². The van der Waals surface area contributed by atoms with E-state index in [9.17, 15) is 23.6 Å². The third kappa shape index (κ3) is 5.22. The lowest BCUT2D eigenvalue weighted by atomic mass is 10.1. The molecule has 1 aliphatic rings. The third-order valence-electron chi connectivity index (χ3n) is 6.74. The lowest BCUT2D eigenvalue weighted by Crippen LogP contribution is -2.41. The Hall–Kier alpha value is -5.71. The SMILES string of the molecule is O=C(Cn1c(=O)n(-c2ccccc2)c(=O)c2ccc(C(=O)NCc3ccc4c(c3)OCO4)cc21)Nc1ccc(F)cc1. The van der Waals surface area contributed by atoms with Gasteiger partial charge in [0.25, 0.3) is 11.5 Å². The molecule has 0 aliphatic carbocycles. The van der Waals surface area contributed by atoms with Crippen molar-refractivity contribution in [2.45, 2.75) is 13.1 Å². The van der Waals surface area contributed by atoms with Crippen molar-refractivity contribution in [3.05, 3.63) is 129 Å². The van der Waals surface area contributed by atoms with E-state index in [0.717, 1.165) is 14.7 Å². The van der Waals surface area contributed by atoms with E-state index in [1.807, 2.05) is 0 Å². The second-order valence-corrected chi connectivity index (χ2v) is 9.50. The number of nitrogens with zero attached hydrogens (tertiary/aromatic N) is 2. The zero-order valence-electron chi connectivity index (χ0n) is 22.0. The van der Waals surface area contributed by atoms with E-state index in [1.54, 1.807) is 48.5 Å². The molecule has 6 rings (SSSR count). The number of aromatic nitrogens is 2. The number of halogens is 1. The molecule has 0 atom stereocenters. The van der Waals surface area contributed by atoms with Gasteiger partial charge in [-0.2, -0.15) is 0 Å². The fourth-order valence-electron chi connectivity index (χ4n) is 4.68. The van der Waals surface area contributed by atoms with Gasteiger partial charge in [-0.1, -0.05) is 24.3 Å². The molecule has 1 aliphatic heterocycles. The molecule has 11 heteroatoms. The minimum atomic E-state index is -0.758. The number of carbonyl (C=O) groups excluding carboxylic acids is 2. The summed E-state index contributed by atoms with van der Waals surface area (Å²) in [6.07, 6.45) is 0. The first-order chi connectivity index (χ1) is 20.4. The van der Waals surface area contributed by atoms with Gasteiger partial charge in [0.2, 0.25) is 12.7 Å². The monoisotopic (exact) mass is 566 g/mol. The molecule has 0 unspecified atom stereocenters. The van der Waals surface area contributed by atoms with Crippen LogP contribution >= 0.6 is 0 Å². The van der Waals surface area contributed by atoms with Crippen molar-refractivity contribution < 1.29 is 23.5 Å². The first-order valence-corrected chi connectivity index (χ1v) is 12.9. The second kappa shape index (κ2) is 11.0. The predicted molar refractivity (Wildman–Crippen MR) is 153 cm³/mol. The number of fused-ring (bicyclic) bond motifs is 2. The van der Waals surface area contributed by atoms with Gasteiger partial charge in [-0.15, -0.1) is 0 Å². The number of hydrogen-bond donors (Lipinski definition) is 2. The molecule has 2 N–H and O–H groups in total. The lowest BCUT2D eigenvalue weighted by molar-refractivity contribution is -0.116. The van der Waals surface area contributed by atoms with Crippen LogP contribution in [0.5, 0.6) is 11.5 Å². The number of anilines is 1. The van der Waals surface area contributed by atoms with Gasteiger partial charge >= 0.3 is 5.69 Å². The van der Waals surface area contributed by atoms with Crippen molar-refractivity contribution in [1.82, 2.24) is 14.5 Å². The summed E-state index contributed by atoms with van der Waals surface area (Å²) in [4.78, 5) is 53.3. The molecule has 2 amide bonds. The maximum absolute atomic E-state index is 13.7.